The molecule has 4 aromatic rings. The monoisotopic (exact) mass is 587 g/mol. The minimum absolute atomic E-state index is 0.372. The molecule has 0 unspecified atom stereocenters. The minimum Gasteiger partial charge on any atom is -0.493 e. The van der Waals surface area contributed by atoms with Gasteiger partial charge in [0.05, 0.1) is 24.9 Å². The smallest absolute Gasteiger partial charge is 0.416 e. The molecule has 5 rings (SSSR count). The summed E-state index contributed by atoms with van der Waals surface area (Å²) in [6.45, 7) is 6.58. The maximum atomic E-state index is 12.8. The Morgan fingerprint density at radius 2 is 1.88 bits per heavy atom. The Labute approximate surface area is 250 Å². The van der Waals surface area contributed by atoms with Gasteiger partial charge >= 0.3 is 12.1 Å². The summed E-state index contributed by atoms with van der Waals surface area (Å²) < 4.78 is 18.5. The topological polar surface area (TPSA) is 82.9 Å². The number of esters is 1. The van der Waals surface area contributed by atoms with Gasteiger partial charge in [-0.1, -0.05) is 35.9 Å². The maximum absolute atomic E-state index is 12.8. The Hall–Kier alpha value is -4.30. The number of pyridine rings is 1. The molecule has 42 heavy (non-hydrogen) atoms. The molecule has 1 amide bonds. The second-order valence-electron chi connectivity index (χ2n) is 11.1. The average Bonchev–Trinajstić information content (AvgIpc) is 3.38. The minimum atomic E-state index is -0.573. The van der Waals surface area contributed by atoms with E-state index in [4.69, 9.17) is 30.8 Å². The highest BCUT2D eigenvalue weighted by atomic mass is 35.5. The van der Waals surface area contributed by atoms with Crippen molar-refractivity contribution in [2.75, 3.05) is 25.2 Å². The third kappa shape index (κ3) is 6.60. The number of benzene rings is 2. The molecule has 1 aliphatic rings. The van der Waals surface area contributed by atoms with Gasteiger partial charge in [-0.3, -0.25) is 4.90 Å². The van der Waals surface area contributed by atoms with E-state index in [2.05, 4.69) is 0 Å². The van der Waals surface area contributed by atoms with Crippen LogP contribution in [0.4, 0.5) is 10.6 Å². The van der Waals surface area contributed by atoms with E-state index in [1.165, 1.54) is 13.2 Å². The van der Waals surface area contributed by atoms with E-state index < -0.39 is 11.6 Å². The molecule has 0 N–H and O–H groups in total. The Morgan fingerprint density at radius 3 is 2.64 bits per heavy atom. The highest BCUT2D eigenvalue weighted by Gasteiger charge is 2.28. The van der Waals surface area contributed by atoms with Gasteiger partial charge < -0.3 is 18.8 Å². The van der Waals surface area contributed by atoms with Crippen LogP contribution in [0.5, 0.6) is 5.75 Å². The van der Waals surface area contributed by atoms with Gasteiger partial charge in [0.25, 0.3) is 0 Å². The molecule has 0 atom stereocenters. The van der Waals surface area contributed by atoms with Crippen molar-refractivity contribution in [2.24, 2.45) is 0 Å². The standard InChI is InChI=1S/C33H34ClN3O5/c1-33(2,3)42-32(39)37-17-7-8-22-11-12-24(35-31(22)37)16-19-41-25-13-14-28-23(20-25)15-18-36(28)29(21-30(38)40-4)26-9-5-6-10-27(26)34/h5-6,9-15,18,20-21H,7-8,16-17,19H2,1-4H3. The van der Waals surface area contributed by atoms with Crippen molar-refractivity contribution >= 4 is 46.1 Å². The van der Waals surface area contributed by atoms with Gasteiger partial charge in [0.2, 0.25) is 0 Å². The number of hydrogen-bond acceptors (Lipinski definition) is 6. The van der Waals surface area contributed by atoms with Gasteiger partial charge in [-0.2, -0.15) is 0 Å². The summed E-state index contributed by atoms with van der Waals surface area (Å²) in [4.78, 5) is 31.5. The number of rotatable bonds is 7. The molecule has 8 nitrogen and oxygen atoms in total. The van der Waals surface area contributed by atoms with Crippen LogP contribution in [0.2, 0.25) is 5.02 Å². The fourth-order valence-electron chi connectivity index (χ4n) is 4.92. The number of amides is 1. The van der Waals surface area contributed by atoms with E-state index in [1.807, 2.05) is 86.1 Å². The van der Waals surface area contributed by atoms with Crippen LogP contribution >= 0.6 is 11.6 Å². The normalized spacial score (nSPS) is 13.5. The van der Waals surface area contributed by atoms with Crippen LogP contribution in [0.3, 0.4) is 0 Å². The predicted molar refractivity (Wildman–Crippen MR) is 164 cm³/mol. The zero-order chi connectivity index (χ0) is 29.9. The van der Waals surface area contributed by atoms with Crippen LogP contribution < -0.4 is 9.64 Å². The fourth-order valence-corrected chi connectivity index (χ4v) is 5.16. The van der Waals surface area contributed by atoms with E-state index in [0.717, 1.165) is 35.0 Å². The lowest BCUT2D eigenvalue weighted by molar-refractivity contribution is -0.134. The molecule has 0 fully saturated rings. The molecular weight excluding hydrogens is 554 g/mol. The molecule has 0 spiro atoms. The fraction of sp³-hybridized carbons (Fsp3) is 0.303. The van der Waals surface area contributed by atoms with Gasteiger partial charge in [0.1, 0.15) is 17.2 Å². The van der Waals surface area contributed by atoms with Gasteiger partial charge in [-0.05, 0) is 75.6 Å². The van der Waals surface area contributed by atoms with E-state index in [9.17, 15) is 9.59 Å². The lowest BCUT2D eigenvalue weighted by atomic mass is 10.1. The van der Waals surface area contributed by atoms with Gasteiger partial charge in [-0.15, -0.1) is 0 Å². The summed E-state index contributed by atoms with van der Waals surface area (Å²) in [7, 11) is 1.34. The number of ether oxygens (including phenoxy) is 3. The molecule has 0 saturated carbocycles. The first kappa shape index (κ1) is 29.2. The molecule has 0 bridgehead atoms. The Kier molecular flexibility index (Phi) is 8.54. The lowest BCUT2D eigenvalue weighted by Crippen LogP contribution is -2.40. The summed E-state index contributed by atoms with van der Waals surface area (Å²) in [5.74, 6) is 0.909. The number of hydrogen-bond donors (Lipinski definition) is 0. The largest absolute Gasteiger partial charge is 0.493 e. The van der Waals surface area contributed by atoms with E-state index in [-0.39, 0.29) is 6.09 Å². The first-order valence-corrected chi connectivity index (χ1v) is 14.3. The number of methoxy groups -OCH3 is 1. The molecular formula is C33H34ClN3O5. The van der Waals surface area contributed by atoms with Crippen LogP contribution in [0, 0.1) is 0 Å². The number of anilines is 1. The number of halogens is 1. The third-order valence-corrected chi connectivity index (χ3v) is 7.19. The third-order valence-electron chi connectivity index (χ3n) is 6.86. The average molecular weight is 588 g/mol. The summed E-state index contributed by atoms with van der Waals surface area (Å²) in [6.07, 6.45) is 5.28. The molecule has 218 valence electrons. The second kappa shape index (κ2) is 12.3. The Bertz CT molecular complexity index is 1650. The second-order valence-corrected chi connectivity index (χ2v) is 11.5. The van der Waals surface area contributed by atoms with E-state index >= 15 is 0 Å². The van der Waals surface area contributed by atoms with Crippen molar-refractivity contribution in [1.29, 1.82) is 0 Å². The van der Waals surface area contributed by atoms with Gasteiger partial charge in [-0.25, -0.2) is 14.6 Å². The number of nitrogens with zero attached hydrogens (tertiary/aromatic N) is 3. The number of carbonyl (C=O) groups excluding carboxylic acids is 2. The highest BCUT2D eigenvalue weighted by Crippen LogP contribution is 2.31. The summed E-state index contributed by atoms with van der Waals surface area (Å²) in [5, 5.41) is 1.47. The number of fused-ring (bicyclic) bond motifs is 2. The van der Waals surface area contributed by atoms with Gasteiger partial charge in [0.15, 0.2) is 0 Å². The quantitative estimate of drug-likeness (QED) is 0.170. The first-order valence-electron chi connectivity index (χ1n) is 13.9. The van der Waals surface area contributed by atoms with Crippen molar-refractivity contribution in [1.82, 2.24) is 9.55 Å². The number of aromatic nitrogens is 2. The van der Waals surface area contributed by atoms with Gasteiger partial charge in [0, 0.05) is 46.9 Å². The molecule has 2 aromatic carbocycles. The van der Waals surface area contributed by atoms with Crippen LogP contribution in [-0.2, 0) is 27.1 Å². The van der Waals surface area contributed by atoms with Crippen molar-refractivity contribution < 1.29 is 23.8 Å². The summed E-state index contributed by atoms with van der Waals surface area (Å²) >= 11 is 6.48. The van der Waals surface area contributed by atoms with Crippen molar-refractivity contribution in [3.8, 4) is 5.75 Å². The molecule has 0 aliphatic carbocycles. The van der Waals surface area contributed by atoms with Crippen molar-refractivity contribution in [3.05, 3.63) is 94.8 Å². The number of carbonyl (C=O) groups is 2. The lowest BCUT2D eigenvalue weighted by Gasteiger charge is -2.31. The Balaban J connectivity index is 1.31. The zero-order valence-corrected chi connectivity index (χ0v) is 25.0. The molecule has 2 aromatic heterocycles. The Morgan fingerprint density at radius 1 is 1.07 bits per heavy atom. The van der Waals surface area contributed by atoms with Crippen LogP contribution in [0.25, 0.3) is 16.6 Å². The molecule has 9 heteroatoms. The van der Waals surface area contributed by atoms with Crippen LogP contribution in [-0.4, -0.2) is 47.5 Å². The molecule has 1 aliphatic heterocycles. The van der Waals surface area contributed by atoms with Crippen molar-refractivity contribution in [2.45, 2.75) is 45.6 Å². The molecule has 0 radical (unpaired) electrons. The molecule has 0 saturated heterocycles. The first-order chi connectivity index (χ1) is 20.1. The van der Waals surface area contributed by atoms with Crippen LogP contribution in [0.1, 0.15) is 44.0 Å². The maximum Gasteiger partial charge on any atom is 0.416 e. The van der Waals surface area contributed by atoms with Crippen molar-refractivity contribution in [3.63, 3.8) is 0 Å². The highest BCUT2D eigenvalue weighted by molar-refractivity contribution is 6.32. The van der Waals surface area contributed by atoms with E-state index in [0.29, 0.717) is 47.4 Å². The summed E-state index contributed by atoms with van der Waals surface area (Å²) in [6, 6.07) is 19.2. The van der Waals surface area contributed by atoms with E-state index in [1.54, 1.807) is 11.0 Å². The summed E-state index contributed by atoms with van der Waals surface area (Å²) in [5.41, 5.74) is 3.52. The zero-order valence-electron chi connectivity index (χ0n) is 24.2. The molecule has 3 heterocycles. The predicted octanol–water partition coefficient (Wildman–Crippen LogP) is 7.06. The van der Waals surface area contributed by atoms with Crippen LogP contribution in [0.15, 0.2) is 72.9 Å². The number of aryl methyl sites for hydroxylation is 1. The SMILES string of the molecule is COC(=O)C=C(c1ccccc1Cl)n1ccc2cc(OCCc3ccc4c(n3)N(C(=O)OC(C)(C)C)CCC4)ccc21.